The van der Waals surface area contributed by atoms with E-state index in [1.807, 2.05) is 0 Å². The third kappa shape index (κ3) is 2.96. The van der Waals surface area contributed by atoms with Crippen molar-refractivity contribution in [3.63, 3.8) is 0 Å². The van der Waals surface area contributed by atoms with E-state index in [-0.39, 0.29) is 0 Å². The predicted octanol–water partition coefficient (Wildman–Crippen LogP) is 1.45. The number of aliphatic carboxylic acids is 1. The second kappa shape index (κ2) is 5.71. The van der Waals surface area contributed by atoms with Gasteiger partial charge in [-0.3, -0.25) is 4.79 Å². The quantitative estimate of drug-likeness (QED) is 0.882. The minimum Gasteiger partial charge on any atom is -0.480 e. The Kier molecular flexibility index (Phi) is 4.21. The van der Waals surface area contributed by atoms with Gasteiger partial charge in [-0.2, -0.15) is 11.8 Å². The Balaban J connectivity index is 2.46. The number of hydrogen-bond donors (Lipinski definition) is 2. The van der Waals surface area contributed by atoms with Gasteiger partial charge in [-0.1, -0.05) is 11.6 Å². The molecule has 0 aliphatic carbocycles. The fourth-order valence-corrected chi connectivity index (χ4v) is 3.25. The molecule has 1 atom stereocenters. The summed E-state index contributed by atoms with van der Waals surface area (Å²) in [6.07, 6.45) is 0. The van der Waals surface area contributed by atoms with E-state index in [1.54, 1.807) is 28.8 Å². The van der Waals surface area contributed by atoms with Gasteiger partial charge in [0.05, 0.1) is 11.3 Å². The summed E-state index contributed by atoms with van der Waals surface area (Å²) in [4.78, 5) is 24.4. The van der Waals surface area contributed by atoms with Gasteiger partial charge in [0.1, 0.15) is 6.04 Å². The maximum absolute atomic E-state index is 11.5. The fraction of sp³-hybridized carbons (Fsp3) is 0.333. The molecule has 7 heteroatoms. The van der Waals surface area contributed by atoms with Crippen molar-refractivity contribution in [2.24, 2.45) is 5.73 Å². The van der Waals surface area contributed by atoms with Gasteiger partial charge in [-0.25, -0.2) is 4.79 Å². The second-order valence-electron chi connectivity index (χ2n) is 4.15. The van der Waals surface area contributed by atoms with Crippen LogP contribution >= 0.6 is 23.4 Å². The number of carboxylic acid groups (broad SMARTS) is 1. The van der Waals surface area contributed by atoms with Crippen molar-refractivity contribution in [2.45, 2.75) is 6.04 Å². The van der Waals surface area contributed by atoms with Crippen LogP contribution in [-0.4, -0.2) is 41.1 Å². The van der Waals surface area contributed by atoms with Crippen LogP contribution in [0.4, 0.5) is 5.69 Å². The number of amides is 1. The molecular formula is C12H13ClN2O3S. The van der Waals surface area contributed by atoms with Crippen LogP contribution in [0.1, 0.15) is 10.4 Å². The van der Waals surface area contributed by atoms with Crippen molar-refractivity contribution in [1.29, 1.82) is 0 Å². The normalized spacial score (nSPS) is 19.2. The number of primary amides is 1. The van der Waals surface area contributed by atoms with Gasteiger partial charge in [0.15, 0.2) is 0 Å². The van der Waals surface area contributed by atoms with Crippen molar-refractivity contribution >= 4 is 40.9 Å². The van der Waals surface area contributed by atoms with Crippen LogP contribution in [0.2, 0.25) is 5.02 Å². The standard InChI is InChI=1S/C12H13ClN2O3S/c13-7-1-2-8(11(14)16)9(5-7)15-3-4-19-6-10(15)12(17)18/h1-2,5,10H,3-4,6H2,(H2,14,16)(H,17,18). The van der Waals surface area contributed by atoms with E-state index in [0.717, 1.165) is 5.75 Å². The molecule has 0 aromatic heterocycles. The van der Waals surface area contributed by atoms with Gasteiger partial charge < -0.3 is 15.7 Å². The van der Waals surface area contributed by atoms with Crippen LogP contribution < -0.4 is 10.6 Å². The molecule has 1 heterocycles. The van der Waals surface area contributed by atoms with Crippen molar-refractivity contribution in [3.8, 4) is 0 Å². The largest absolute Gasteiger partial charge is 0.480 e. The zero-order valence-electron chi connectivity index (χ0n) is 10.0. The summed E-state index contributed by atoms with van der Waals surface area (Å²) < 4.78 is 0. The summed E-state index contributed by atoms with van der Waals surface area (Å²) in [6.45, 7) is 0.544. The number of nitrogens with two attached hydrogens (primary N) is 1. The summed E-state index contributed by atoms with van der Waals surface area (Å²) in [7, 11) is 0. The number of carbonyl (C=O) groups excluding carboxylic acids is 1. The van der Waals surface area contributed by atoms with Crippen LogP contribution in [0.5, 0.6) is 0 Å². The van der Waals surface area contributed by atoms with Crippen molar-refractivity contribution in [1.82, 2.24) is 0 Å². The zero-order valence-corrected chi connectivity index (χ0v) is 11.6. The number of benzene rings is 1. The van der Waals surface area contributed by atoms with Crippen molar-refractivity contribution < 1.29 is 14.7 Å². The molecule has 102 valence electrons. The SMILES string of the molecule is NC(=O)c1ccc(Cl)cc1N1CCSCC1C(=O)O. The number of halogens is 1. The molecule has 1 aromatic carbocycles. The minimum atomic E-state index is -0.914. The number of carbonyl (C=O) groups is 2. The third-order valence-electron chi connectivity index (χ3n) is 2.95. The summed E-state index contributed by atoms with van der Waals surface area (Å²) in [5.74, 6) is -0.231. The van der Waals surface area contributed by atoms with E-state index in [1.165, 1.54) is 6.07 Å². The molecular weight excluding hydrogens is 288 g/mol. The number of nitrogens with zero attached hydrogens (tertiary/aromatic N) is 1. The molecule has 1 aliphatic rings. The average Bonchev–Trinajstić information content (AvgIpc) is 2.38. The molecule has 1 fully saturated rings. The molecule has 1 saturated heterocycles. The summed E-state index contributed by atoms with van der Waals surface area (Å²) >= 11 is 7.51. The maximum atomic E-state index is 11.5. The molecule has 1 aromatic rings. The number of thioether (sulfide) groups is 1. The monoisotopic (exact) mass is 300 g/mol. The predicted molar refractivity (Wildman–Crippen MR) is 76.1 cm³/mol. The number of anilines is 1. The Morgan fingerprint density at radius 3 is 2.84 bits per heavy atom. The first-order valence-electron chi connectivity index (χ1n) is 5.67. The molecule has 0 spiro atoms. The first kappa shape index (κ1) is 14.0. The molecule has 2 rings (SSSR count). The van der Waals surface area contributed by atoms with Gasteiger partial charge in [0.25, 0.3) is 5.91 Å². The molecule has 1 aliphatic heterocycles. The van der Waals surface area contributed by atoms with E-state index in [4.69, 9.17) is 17.3 Å². The highest BCUT2D eigenvalue weighted by Gasteiger charge is 2.31. The lowest BCUT2D eigenvalue weighted by molar-refractivity contribution is -0.138. The van der Waals surface area contributed by atoms with Crippen LogP contribution in [0.25, 0.3) is 0 Å². The number of rotatable bonds is 3. The van der Waals surface area contributed by atoms with E-state index in [9.17, 15) is 14.7 Å². The van der Waals surface area contributed by atoms with Crippen LogP contribution in [-0.2, 0) is 4.79 Å². The highest BCUT2D eigenvalue weighted by atomic mass is 35.5. The molecule has 19 heavy (non-hydrogen) atoms. The fourth-order valence-electron chi connectivity index (χ4n) is 2.05. The van der Waals surface area contributed by atoms with Gasteiger partial charge >= 0.3 is 5.97 Å². The smallest absolute Gasteiger partial charge is 0.327 e. The van der Waals surface area contributed by atoms with Gasteiger partial charge in [-0.05, 0) is 18.2 Å². The Morgan fingerprint density at radius 2 is 2.21 bits per heavy atom. The molecule has 5 nitrogen and oxygen atoms in total. The summed E-state index contributed by atoms with van der Waals surface area (Å²) in [5, 5.41) is 9.71. The zero-order chi connectivity index (χ0) is 14.0. The van der Waals surface area contributed by atoms with Crippen LogP contribution in [0, 0.1) is 0 Å². The molecule has 0 bridgehead atoms. The van der Waals surface area contributed by atoms with Crippen LogP contribution in [0.3, 0.4) is 0 Å². The lowest BCUT2D eigenvalue weighted by Crippen LogP contribution is -2.48. The highest BCUT2D eigenvalue weighted by Crippen LogP contribution is 2.30. The number of hydrogen-bond acceptors (Lipinski definition) is 4. The highest BCUT2D eigenvalue weighted by molar-refractivity contribution is 7.99. The molecule has 3 N–H and O–H groups in total. The molecule has 1 amide bonds. The van der Waals surface area contributed by atoms with E-state index in [0.29, 0.717) is 28.6 Å². The maximum Gasteiger partial charge on any atom is 0.327 e. The van der Waals surface area contributed by atoms with Gasteiger partial charge in [-0.15, -0.1) is 0 Å². The molecule has 1 unspecified atom stereocenters. The summed E-state index contributed by atoms with van der Waals surface area (Å²) in [5.41, 5.74) is 6.12. The first-order chi connectivity index (χ1) is 9.00. The minimum absolute atomic E-state index is 0.294. The summed E-state index contributed by atoms with van der Waals surface area (Å²) in [6, 6.07) is 4.02. The number of carboxylic acids is 1. The Labute approximate surface area is 119 Å². The van der Waals surface area contributed by atoms with Crippen molar-refractivity contribution in [3.05, 3.63) is 28.8 Å². The average molecular weight is 301 g/mol. The Bertz CT molecular complexity index is 524. The second-order valence-corrected chi connectivity index (χ2v) is 5.73. The van der Waals surface area contributed by atoms with Gasteiger partial charge in [0.2, 0.25) is 0 Å². The Hall–Kier alpha value is -1.40. The molecule has 0 radical (unpaired) electrons. The van der Waals surface area contributed by atoms with Gasteiger partial charge in [0, 0.05) is 23.1 Å². The van der Waals surface area contributed by atoms with Crippen molar-refractivity contribution in [2.75, 3.05) is 23.0 Å². The topological polar surface area (TPSA) is 83.6 Å². The van der Waals surface area contributed by atoms with E-state index >= 15 is 0 Å². The lowest BCUT2D eigenvalue weighted by Gasteiger charge is -2.35. The van der Waals surface area contributed by atoms with E-state index in [2.05, 4.69) is 0 Å². The lowest BCUT2D eigenvalue weighted by atomic mass is 10.1. The van der Waals surface area contributed by atoms with E-state index < -0.39 is 17.9 Å². The third-order valence-corrected chi connectivity index (χ3v) is 4.21. The van der Waals surface area contributed by atoms with Crippen LogP contribution in [0.15, 0.2) is 18.2 Å². The Morgan fingerprint density at radius 1 is 1.47 bits per heavy atom. The molecule has 0 saturated carbocycles. The first-order valence-corrected chi connectivity index (χ1v) is 7.20.